The highest BCUT2D eigenvalue weighted by atomic mass is 15.0. The first kappa shape index (κ1) is 36.3. The van der Waals surface area contributed by atoms with Gasteiger partial charge in [0.25, 0.3) is 0 Å². The monoisotopic (exact) mass is 765 g/mol. The van der Waals surface area contributed by atoms with E-state index in [1.54, 1.807) is 0 Å². The molecule has 10 aromatic rings. The zero-order valence-electron chi connectivity index (χ0n) is 32.9. The summed E-state index contributed by atoms with van der Waals surface area (Å²) < 4.78 is 0. The Morgan fingerprint density at radius 2 is 0.317 bits per heavy atom. The highest BCUT2D eigenvalue weighted by Gasteiger charge is 2.22. The van der Waals surface area contributed by atoms with Crippen LogP contribution in [0.15, 0.2) is 237 Å². The second-order valence-electron chi connectivity index (χ2n) is 14.7. The van der Waals surface area contributed by atoms with E-state index >= 15 is 0 Å². The van der Waals surface area contributed by atoms with E-state index in [2.05, 4.69) is 237 Å². The molecule has 1 heterocycles. The predicted octanol–water partition coefficient (Wildman–Crippen LogP) is 14.9. The maximum absolute atomic E-state index is 5.42. The smallest absolute Gasteiger partial charge is 0.164 e. The first-order chi connectivity index (χ1) is 29.8. The normalized spacial score (nSPS) is 11.0. The number of rotatable bonds is 9. The van der Waals surface area contributed by atoms with Crippen molar-refractivity contribution in [3.05, 3.63) is 237 Å². The summed E-state index contributed by atoms with van der Waals surface area (Å²) >= 11 is 0. The Bertz CT molecular complexity index is 2740. The lowest BCUT2D eigenvalue weighted by Gasteiger charge is -2.18. The third-order valence-corrected chi connectivity index (χ3v) is 11.0. The predicted molar refractivity (Wildman–Crippen MR) is 249 cm³/mol. The second-order valence-corrected chi connectivity index (χ2v) is 14.7. The van der Waals surface area contributed by atoms with E-state index in [4.69, 9.17) is 15.0 Å². The lowest BCUT2D eigenvalue weighted by Crippen LogP contribution is -2.03. The van der Waals surface area contributed by atoms with E-state index in [1.807, 2.05) is 0 Å². The quantitative estimate of drug-likeness (QED) is 0.147. The Morgan fingerprint density at radius 3 is 0.550 bits per heavy atom. The van der Waals surface area contributed by atoms with Gasteiger partial charge in [-0.1, -0.05) is 237 Å². The van der Waals surface area contributed by atoms with Crippen molar-refractivity contribution < 1.29 is 0 Å². The van der Waals surface area contributed by atoms with Crippen LogP contribution in [0, 0.1) is 0 Å². The lowest BCUT2D eigenvalue weighted by molar-refractivity contribution is 1.07. The Morgan fingerprint density at radius 1 is 0.150 bits per heavy atom. The summed E-state index contributed by atoms with van der Waals surface area (Å²) in [5.41, 5.74) is 16.1. The molecular weight excluding hydrogens is 727 g/mol. The van der Waals surface area contributed by atoms with Gasteiger partial charge in [0, 0.05) is 16.7 Å². The average molecular weight is 766 g/mol. The lowest BCUT2D eigenvalue weighted by atomic mass is 9.90. The van der Waals surface area contributed by atoms with Crippen molar-refractivity contribution in [1.82, 2.24) is 15.0 Å². The van der Waals surface area contributed by atoms with Crippen molar-refractivity contribution in [2.75, 3.05) is 0 Å². The van der Waals surface area contributed by atoms with Gasteiger partial charge in [0.1, 0.15) is 0 Å². The van der Waals surface area contributed by atoms with Crippen LogP contribution in [0.4, 0.5) is 0 Å². The summed E-state index contributed by atoms with van der Waals surface area (Å²) in [4.78, 5) is 16.3. The maximum Gasteiger partial charge on any atom is 0.164 e. The molecule has 0 atom stereocenters. The van der Waals surface area contributed by atoms with Crippen molar-refractivity contribution in [2.45, 2.75) is 0 Å². The Kier molecular flexibility index (Phi) is 9.97. The fourth-order valence-corrected chi connectivity index (χ4v) is 8.24. The van der Waals surface area contributed by atoms with Crippen LogP contribution in [-0.2, 0) is 0 Å². The first-order valence-electron chi connectivity index (χ1n) is 20.3. The van der Waals surface area contributed by atoms with Gasteiger partial charge >= 0.3 is 0 Å². The number of hydrogen-bond acceptors (Lipinski definition) is 3. The minimum Gasteiger partial charge on any atom is -0.208 e. The Hall–Kier alpha value is -8.01. The molecule has 0 N–H and O–H groups in total. The fraction of sp³-hybridized carbons (Fsp3) is 0. The number of hydrogen-bond donors (Lipinski definition) is 0. The summed E-state index contributed by atoms with van der Waals surface area (Å²) in [5, 5.41) is 0. The number of nitrogens with zero attached hydrogens (tertiary/aromatic N) is 3. The van der Waals surface area contributed by atoms with E-state index in [0.717, 1.165) is 83.5 Å². The van der Waals surface area contributed by atoms with Gasteiger partial charge < -0.3 is 0 Å². The summed E-state index contributed by atoms with van der Waals surface area (Å²) in [6, 6.07) is 82.8. The van der Waals surface area contributed by atoms with Crippen LogP contribution in [0.3, 0.4) is 0 Å². The van der Waals surface area contributed by atoms with Gasteiger partial charge in [0.15, 0.2) is 17.5 Å². The number of benzene rings is 9. The van der Waals surface area contributed by atoms with Crippen LogP contribution in [0.2, 0.25) is 0 Å². The molecule has 1 aromatic heterocycles. The molecule has 0 saturated heterocycles. The standard InChI is InChI=1S/C57H39N3/c1-4-22-40(23-5-1)43-28-10-13-31-46(43)49-34-16-19-37-52(49)55-58-56(53-38-20-17-35-50(53)47-32-14-11-29-44(47)41-24-6-2-7-25-41)60-57(59-55)54-39-21-18-36-51(54)48-33-15-12-30-45(48)42-26-8-3-9-27-42/h1-39H. The molecule has 0 aliphatic carbocycles. The zero-order valence-corrected chi connectivity index (χ0v) is 32.9. The van der Waals surface area contributed by atoms with Gasteiger partial charge in [0.05, 0.1) is 0 Å². The van der Waals surface area contributed by atoms with Gasteiger partial charge in [-0.05, 0) is 66.8 Å². The van der Waals surface area contributed by atoms with Crippen LogP contribution >= 0.6 is 0 Å². The van der Waals surface area contributed by atoms with Crippen molar-refractivity contribution in [2.24, 2.45) is 0 Å². The molecule has 0 spiro atoms. The largest absolute Gasteiger partial charge is 0.208 e. The van der Waals surface area contributed by atoms with Crippen molar-refractivity contribution in [3.63, 3.8) is 0 Å². The highest BCUT2D eigenvalue weighted by Crippen LogP contribution is 2.42. The van der Waals surface area contributed by atoms with Crippen molar-refractivity contribution in [3.8, 4) is 101 Å². The summed E-state index contributed by atoms with van der Waals surface area (Å²) in [6.45, 7) is 0. The van der Waals surface area contributed by atoms with Crippen molar-refractivity contribution >= 4 is 0 Å². The molecule has 9 aromatic carbocycles. The van der Waals surface area contributed by atoms with E-state index in [9.17, 15) is 0 Å². The Labute approximate surface area is 351 Å². The minimum atomic E-state index is 0.603. The zero-order chi connectivity index (χ0) is 40.1. The fourth-order valence-electron chi connectivity index (χ4n) is 8.24. The van der Waals surface area contributed by atoms with Gasteiger partial charge in [0.2, 0.25) is 0 Å². The van der Waals surface area contributed by atoms with Gasteiger partial charge in [-0.25, -0.2) is 15.0 Å². The maximum atomic E-state index is 5.42. The van der Waals surface area contributed by atoms with E-state index < -0.39 is 0 Å². The van der Waals surface area contributed by atoms with Crippen LogP contribution in [-0.4, -0.2) is 15.0 Å². The first-order valence-corrected chi connectivity index (χ1v) is 20.3. The second kappa shape index (κ2) is 16.5. The van der Waals surface area contributed by atoms with Gasteiger partial charge in [-0.3, -0.25) is 0 Å². The van der Waals surface area contributed by atoms with E-state index in [1.165, 1.54) is 0 Å². The molecule has 10 rings (SSSR count). The summed E-state index contributed by atoms with van der Waals surface area (Å²) in [6.07, 6.45) is 0. The molecule has 0 aliphatic heterocycles. The third kappa shape index (κ3) is 7.10. The molecule has 0 bridgehead atoms. The van der Waals surface area contributed by atoms with Crippen LogP contribution in [0.5, 0.6) is 0 Å². The molecule has 0 fully saturated rings. The molecule has 282 valence electrons. The van der Waals surface area contributed by atoms with Crippen molar-refractivity contribution in [1.29, 1.82) is 0 Å². The molecule has 0 saturated carbocycles. The topological polar surface area (TPSA) is 38.7 Å². The molecule has 0 radical (unpaired) electrons. The molecule has 60 heavy (non-hydrogen) atoms. The Balaban J connectivity index is 1.22. The third-order valence-electron chi connectivity index (χ3n) is 11.0. The van der Waals surface area contributed by atoms with Crippen LogP contribution < -0.4 is 0 Å². The highest BCUT2D eigenvalue weighted by molar-refractivity contribution is 5.94. The molecule has 3 nitrogen and oxygen atoms in total. The average Bonchev–Trinajstić information content (AvgIpc) is 3.34. The van der Waals surface area contributed by atoms with Crippen LogP contribution in [0.1, 0.15) is 0 Å². The SMILES string of the molecule is c1ccc(-c2ccccc2-c2ccccc2-c2nc(-c3ccccc3-c3ccccc3-c3ccccc3)nc(-c3ccccc3-c3ccccc3-c3ccccc3)n2)cc1. The van der Waals surface area contributed by atoms with E-state index in [0.29, 0.717) is 17.5 Å². The molecular formula is C57H39N3. The van der Waals surface area contributed by atoms with Gasteiger partial charge in [-0.15, -0.1) is 0 Å². The summed E-state index contributed by atoms with van der Waals surface area (Å²) in [5.74, 6) is 1.81. The van der Waals surface area contributed by atoms with Gasteiger partial charge in [-0.2, -0.15) is 0 Å². The molecule has 0 amide bonds. The minimum absolute atomic E-state index is 0.603. The van der Waals surface area contributed by atoms with Crippen LogP contribution in [0.25, 0.3) is 101 Å². The molecule has 0 unspecified atom stereocenters. The summed E-state index contributed by atoms with van der Waals surface area (Å²) in [7, 11) is 0. The van der Waals surface area contributed by atoms with E-state index in [-0.39, 0.29) is 0 Å². The number of aromatic nitrogens is 3. The molecule has 0 aliphatic rings. The molecule has 3 heteroatoms.